The average molecular weight is 302 g/mol. The van der Waals surface area contributed by atoms with Gasteiger partial charge in [-0.2, -0.15) is 5.26 Å². The van der Waals surface area contributed by atoms with Crippen LogP contribution in [0.2, 0.25) is 0 Å². The van der Waals surface area contributed by atoms with Gasteiger partial charge in [0.15, 0.2) is 0 Å². The highest BCUT2D eigenvalue weighted by Crippen LogP contribution is 2.17. The van der Waals surface area contributed by atoms with E-state index < -0.39 is 0 Å². The van der Waals surface area contributed by atoms with Crippen molar-refractivity contribution in [2.75, 3.05) is 0 Å². The molecular formula is C18H14N4O. The minimum atomic E-state index is -0.174. The molecule has 0 unspecified atom stereocenters. The summed E-state index contributed by atoms with van der Waals surface area (Å²) in [6, 6.07) is 18.4. The number of aryl methyl sites for hydroxylation is 1. The summed E-state index contributed by atoms with van der Waals surface area (Å²) in [7, 11) is 0. The highest BCUT2D eigenvalue weighted by atomic mass is 16.1. The zero-order valence-corrected chi connectivity index (χ0v) is 12.5. The second-order valence-corrected chi connectivity index (χ2v) is 5.01. The van der Waals surface area contributed by atoms with E-state index in [1.54, 1.807) is 24.3 Å². The first-order chi connectivity index (χ1) is 11.2. The van der Waals surface area contributed by atoms with E-state index in [2.05, 4.69) is 16.2 Å². The van der Waals surface area contributed by atoms with Gasteiger partial charge in [0.1, 0.15) is 6.07 Å². The third-order valence-electron chi connectivity index (χ3n) is 3.49. The van der Waals surface area contributed by atoms with Crippen molar-refractivity contribution < 1.29 is 0 Å². The fourth-order valence-corrected chi connectivity index (χ4v) is 2.29. The molecule has 0 saturated carbocycles. The van der Waals surface area contributed by atoms with Crippen molar-refractivity contribution in [1.82, 2.24) is 9.78 Å². The molecule has 0 saturated heterocycles. The fraction of sp³-hybridized carbons (Fsp3) is 0.0556. The van der Waals surface area contributed by atoms with E-state index in [0.717, 1.165) is 11.4 Å². The molecule has 1 heterocycles. The summed E-state index contributed by atoms with van der Waals surface area (Å²) >= 11 is 0. The normalized spacial score (nSPS) is 10.8. The Kier molecular flexibility index (Phi) is 3.89. The molecule has 0 aliphatic carbocycles. The van der Waals surface area contributed by atoms with Crippen molar-refractivity contribution in [1.29, 1.82) is 5.26 Å². The number of nitrogens with zero attached hydrogens (tertiary/aromatic N) is 3. The van der Waals surface area contributed by atoms with Crippen LogP contribution in [0.4, 0.5) is 5.69 Å². The van der Waals surface area contributed by atoms with Gasteiger partial charge in [0.2, 0.25) is 0 Å². The van der Waals surface area contributed by atoms with Crippen molar-refractivity contribution in [3.8, 4) is 11.8 Å². The van der Waals surface area contributed by atoms with Crippen LogP contribution in [0.15, 0.2) is 64.4 Å². The van der Waals surface area contributed by atoms with Crippen LogP contribution >= 0.6 is 0 Å². The largest absolute Gasteiger partial charge is 0.295 e. The van der Waals surface area contributed by atoms with Crippen molar-refractivity contribution in [2.45, 2.75) is 6.92 Å². The second-order valence-electron chi connectivity index (χ2n) is 5.01. The number of para-hydroxylation sites is 2. The lowest BCUT2D eigenvalue weighted by atomic mass is 10.2. The molecule has 1 aromatic heterocycles. The standard InChI is InChI=1S/C18H14N4O/c1-13-16(12-20-17-10-6-5-7-14(17)11-19)18(23)22(21-13)15-8-3-2-4-9-15/h2-10,12,21H,1H3. The minimum absolute atomic E-state index is 0.174. The van der Waals surface area contributed by atoms with Crippen LogP contribution in [0.1, 0.15) is 16.8 Å². The van der Waals surface area contributed by atoms with Crippen LogP contribution in [-0.2, 0) is 0 Å². The fourth-order valence-electron chi connectivity index (χ4n) is 2.29. The predicted molar refractivity (Wildman–Crippen MR) is 89.5 cm³/mol. The molecule has 1 N–H and O–H groups in total. The van der Waals surface area contributed by atoms with Crippen molar-refractivity contribution in [3.05, 3.63) is 81.8 Å². The van der Waals surface area contributed by atoms with Crippen LogP contribution in [0.5, 0.6) is 0 Å². The lowest BCUT2D eigenvalue weighted by Gasteiger charge is -1.99. The van der Waals surface area contributed by atoms with E-state index >= 15 is 0 Å². The van der Waals surface area contributed by atoms with E-state index in [1.807, 2.05) is 37.3 Å². The molecule has 5 heteroatoms. The zero-order valence-electron chi connectivity index (χ0n) is 12.5. The number of benzene rings is 2. The Balaban J connectivity index is 2.02. The van der Waals surface area contributed by atoms with Crippen molar-refractivity contribution in [3.63, 3.8) is 0 Å². The smallest absolute Gasteiger partial charge is 0.280 e. The predicted octanol–water partition coefficient (Wildman–Crippen LogP) is 3.10. The summed E-state index contributed by atoms with van der Waals surface area (Å²) in [4.78, 5) is 16.8. The Hall–Kier alpha value is -3.39. The van der Waals surface area contributed by atoms with E-state index in [-0.39, 0.29) is 5.56 Å². The van der Waals surface area contributed by atoms with Crippen molar-refractivity contribution in [2.24, 2.45) is 4.99 Å². The number of H-pyrrole nitrogens is 1. The maximum absolute atomic E-state index is 12.5. The maximum Gasteiger partial charge on any atom is 0.280 e. The van der Waals surface area contributed by atoms with Crippen LogP contribution in [0.3, 0.4) is 0 Å². The summed E-state index contributed by atoms with van der Waals surface area (Å²) in [6.07, 6.45) is 1.50. The highest BCUT2D eigenvalue weighted by Gasteiger charge is 2.10. The molecule has 2 aromatic carbocycles. The number of aromatic amines is 1. The average Bonchev–Trinajstić information content (AvgIpc) is 2.88. The molecule has 5 nitrogen and oxygen atoms in total. The molecule has 0 aliphatic heterocycles. The molecule has 0 spiro atoms. The van der Waals surface area contributed by atoms with E-state index in [4.69, 9.17) is 5.26 Å². The Morgan fingerprint density at radius 2 is 1.83 bits per heavy atom. The van der Waals surface area contributed by atoms with E-state index in [9.17, 15) is 4.79 Å². The van der Waals surface area contributed by atoms with Crippen LogP contribution in [-0.4, -0.2) is 16.0 Å². The third-order valence-corrected chi connectivity index (χ3v) is 3.49. The number of aromatic nitrogens is 2. The van der Waals surface area contributed by atoms with Gasteiger partial charge in [-0.1, -0.05) is 30.3 Å². The number of rotatable bonds is 3. The summed E-state index contributed by atoms with van der Waals surface area (Å²) in [6.45, 7) is 1.82. The van der Waals surface area contributed by atoms with Gasteiger partial charge < -0.3 is 0 Å². The molecule has 3 aromatic rings. The van der Waals surface area contributed by atoms with Crippen LogP contribution < -0.4 is 5.56 Å². The molecule has 0 aliphatic rings. The maximum atomic E-state index is 12.5. The molecule has 0 atom stereocenters. The second kappa shape index (κ2) is 6.16. The topological polar surface area (TPSA) is 73.9 Å². The molecule has 0 radical (unpaired) electrons. The summed E-state index contributed by atoms with van der Waals surface area (Å²) in [5, 5.41) is 12.1. The quantitative estimate of drug-likeness (QED) is 0.755. The van der Waals surface area contributed by atoms with Gasteiger partial charge in [-0.3, -0.25) is 14.9 Å². The molecule has 0 bridgehead atoms. The summed E-state index contributed by atoms with van der Waals surface area (Å²) < 4.78 is 1.48. The molecule has 112 valence electrons. The van der Waals surface area contributed by atoms with Gasteiger partial charge in [0, 0.05) is 11.9 Å². The van der Waals surface area contributed by atoms with Gasteiger partial charge >= 0.3 is 0 Å². The van der Waals surface area contributed by atoms with Crippen molar-refractivity contribution >= 4 is 11.9 Å². The van der Waals surface area contributed by atoms with Gasteiger partial charge in [-0.05, 0) is 31.2 Å². The minimum Gasteiger partial charge on any atom is -0.295 e. The Bertz CT molecular complexity index is 959. The lowest BCUT2D eigenvalue weighted by molar-refractivity contribution is 0.835. The SMILES string of the molecule is Cc1[nH]n(-c2ccccc2)c(=O)c1C=Nc1ccccc1C#N. The number of nitrogens with one attached hydrogen (secondary N) is 1. The first kappa shape index (κ1) is 14.5. The number of nitriles is 1. The van der Waals surface area contributed by atoms with Gasteiger partial charge in [-0.15, -0.1) is 0 Å². The van der Waals surface area contributed by atoms with Gasteiger partial charge in [-0.25, -0.2) is 4.68 Å². The number of hydrogen-bond donors (Lipinski definition) is 1. The zero-order chi connectivity index (χ0) is 16.2. The molecule has 23 heavy (non-hydrogen) atoms. The van der Waals surface area contributed by atoms with Gasteiger partial charge in [0.05, 0.1) is 22.5 Å². The van der Waals surface area contributed by atoms with Crippen LogP contribution in [0, 0.1) is 18.3 Å². The first-order valence-corrected chi connectivity index (χ1v) is 7.11. The molecule has 0 fully saturated rings. The van der Waals surface area contributed by atoms with E-state index in [1.165, 1.54) is 10.9 Å². The molecule has 3 rings (SSSR count). The lowest BCUT2D eigenvalue weighted by Crippen LogP contribution is -2.17. The Morgan fingerprint density at radius 1 is 1.13 bits per heavy atom. The van der Waals surface area contributed by atoms with Crippen LogP contribution in [0.25, 0.3) is 5.69 Å². The summed E-state index contributed by atoms with van der Waals surface area (Å²) in [5.74, 6) is 0. The first-order valence-electron chi connectivity index (χ1n) is 7.11. The Morgan fingerprint density at radius 3 is 2.57 bits per heavy atom. The highest BCUT2D eigenvalue weighted by molar-refractivity contribution is 5.83. The third kappa shape index (κ3) is 2.83. The Labute approximate surface area is 133 Å². The van der Waals surface area contributed by atoms with Gasteiger partial charge in [0.25, 0.3) is 5.56 Å². The number of aliphatic imine (C=N–C) groups is 1. The molecular weight excluding hydrogens is 288 g/mol. The monoisotopic (exact) mass is 302 g/mol. The number of hydrogen-bond acceptors (Lipinski definition) is 3. The molecule has 0 amide bonds. The summed E-state index contributed by atoms with van der Waals surface area (Å²) in [5.41, 5.74) is 2.80. The van der Waals surface area contributed by atoms with E-state index in [0.29, 0.717) is 16.8 Å².